The van der Waals surface area contributed by atoms with E-state index in [1.165, 1.54) is 24.8 Å². The van der Waals surface area contributed by atoms with Gasteiger partial charge in [-0.25, -0.2) is 0 Å². The van der Waals surface area contributed by atoms with Crippen LogP contribution >= 0.6 is 0 Å². The first-order chi connectivity index (χ1) is 9.62. The minimum atomic E-state index is 0.103. The van der Waals surface area contributed by atoms with Gasteiger partial charge in [0.25, 0.3) is 0 Å². The Morgan fingerprint density at radius 1 is 1.25 bits per heavy atom. The zero-order valence-corrected chi connectivity index (χ0v) is 13.1. The Morgan fingerprint density at radius 2 is 1.95 bits per heavy atom. The Bertz CT molecular complexity index is 438. The van der Waals surface area contributed by atoms with E-state index in [9.17, 15) is 0 Å². The third-order valence-corrected chi connectivity index (χ3v) is 5.40. The Morgan fingerprint density at radius 3 is 2.55 bits per heavy atom. The largest absolute Gasteiger partial charge is 0.305 e. The van der Waals surface area contributed by atoms with Crippen molar-refractivity contribution in [3.05, 3.63) is 35.9 Å². The predicted molar refractivity (Wildman–Crippen MR) is 84.8 cm³/mol. The van der Waals surface area contributed by atoms with Gasteiger partial charge in [0, 0.05) is 25.2 Å². The Labute approximate surface area is 123 Å². The Kier molecular flexibility index (Phi) is 3.87. The molecule has 2 aliphatic rings. The first-order valence-electron chi connectivity index (χ1n) is 8.18. The van der Waals surface area contributed by atoms with Crippen molar-refractivity contribution in [3.63, 3.8) is 0 Å². The standard InChI is InChI=1S/C18H28N2/c1-4-16-12-19-18(3,15-8-6-5-7-9-15)13-20(16)17-10-14(2)11-17/h5-9,14,16-17,19H,4,10-13H2,1-3H3. The number of piperazine rings is 1. The van der Waals surface area contributed by atoms with Gasteiger partial charge in [-0.1, -0.05) is 44.2 Å². The normalized spacial score (nSPS) is 38.5. The summed E-state index contributed by atoms with van der Waals surface area (Å²) in [5.74, 6) is 0.926. The van der Waals surface area contributed by atoms with Crippen LogP contribution in [0.5, 0.6) is 0 Å². The summed E-state index contributed by atoms with van der Waals surface area (Å²) in [6.07, 6.45) is 4.03. The van der Waals surface area contributed by atoms with E-state index in [2.05, 4.69) is 61.3 Å². The fraction of sp³-hybridized carbons (Fsp3) is 0.667. The van der Waals surface area contributed by atoms with Gasteiger partial charge in [0.15, 0.2) is 0 Å². The van der Waals surface area contributed by atoms with Crippen LogP contribution in [-0.2, 0) is 5.54 Å². The quantitative estimate of drug-likeness (QED) is 0.907. The van der Waals surface area contributed by atoms with Gasteiger partial charge in [-0.15, -0.1) is 0 Å². The topological polar surface area (TPSA) is 15.3 Å². The summed E-state index contributed by atoms with van der Waals surface area (Å²) in [5.41, 5.74) is 1.53. The van der Waals surface area contributed by atoms with Crippen molar-refractivity contribution in [1.82, 2.24) is 10.2 Å². The molecule has 1 N–H and O–H groups in total. The maximum absolute atomic E-state index is 3.82. The van der Waals surface area contributed by atoms with Gasteiger partial charge < -0.3 is 5.32 Å². The second kappa shape index (κ2) is 5.50. The van der Waals surface area contributed by atoms with Gasteiger partial charge >= 0.3 is 0 Å². The molecule has 2 fully saturated rings. The molecule has 1 saturated heterocycles. The van der Waals surface area contributed by atoms with Gasteiger partial charge in [-0.2, -0.15) is 0 Å². The number of nitrogens with one attached hydrogen (secondary N) is 1. The molecule has 0 radical (unpaired) electrons. The summed E-state index contributed by atoms with van der Waals surface area (Å²) in [6.45, 7) is 9.34. The molecule has 0 aromatic heterocycles. The van der Waals surface area contributed by atoms with E-state index >= 15 is 0 Å². The number of hydrogen-bond donors (Lipinski definition) is 1. The molecule has 1 aliphatic heterocycles. The molecule has 2 atom stereocenters. The average molecular weight is 272 g/mol. The summed E-state index contributed by atoms with van der Waals surface area (Å²) >= 11 is 0. The van der Waals surface area contributed by atoms with Crippen molar-refractivity contribution in [2.24, 2.45) is 5.92 Å². The van der Waals surface area contributed by atoms with Gasteiger partial charge in [0.05, 0.1) is 5.54 Å². The fourth-order valence-corrected chi connectivity index (χ4v) is 3.95. The molecule has 2 nitrogen and oxygen atoms in total. The average Bonchev–Trinajstić information content (AvgIpc) is 2.45. The highest BCUT2D eigenvalue weighted by molar-refractivity contribution is 5.25. The van der Waals surface area contributed by atoms with E-state index in [0.29, 0.717) is 6.04 Å². The highest BCUT2D eigenvalue weighted by Gasteiger charge is 2.42. The van der Waals surface area contributed by atoms with E-state index in [1.807, 2.05) is 0 Å². The molecule has 3 rings (SSSR count). The monoisotopic (exact) mass is 272 g/mol. The molecule has 0 amide bonds. The second-order valence-corrected chi connectivity index (χ2v) is 7.04. The van der Waals surface area contributed by atoms with Crippen LogP contribution in [0.1, 0.15) is 45.6 Å². The minimum Gasteiger partial charge on any atom is -0.305 e. The molecule has 1 saturated carbocycles. The van der Waals surface area contributed by atoms with Crippen LogP contribution in [0.4, 0.5) is 0 Å². The van der Waals surface area contributed by atoms with Crippen LogP contribution in [0.3, 0.4) is 0 Å². The first kappa shape index (κ1) is 14.1. The van der Waals surface area contributed by atoms with Gasteiger partial charge in [0.2, 0.25) is 0 Å². The summed E-state index contributed by atoms with van der Waals surface area (Å²) < 4.78 is 0. The van der Waals surface area contributed by atoms with E-state index < -0.39 is 0 Å². The summed E-state index contributed by atoms with van der Waals surface area (Å²) in [6, 6.07) is 12.5. The predicted octanol–water partition coefficient (Wildman–Crippen LogP) is 3.38. The van der Waals surface area contributed by atoms with E-state index in [4.69, 9.17) is 0 Å². The molecular weight excluding hydrogens is 244 g/mol. The van der Waals surface area contributed by atoms with Crippen molar-refractivity contribution in [3.8, 4) is 0 Å². The molecule has 1 aliphatic carbocycles. The summed E-state index contributed by atoms with van der Waals surface area (Å²) in [7, 11) is 0. The van der Waals surface area contributed by atoms with Gasteiger partial charge in [0.1, 0.15) is 0 Å². The molecule has 1 heterocycles. The lowest BCUT2D eigenvalue weighted by atomic mass is 9.77. The minimum absolute atomic E-state index is 0.103. The molecule has 2 heteroatoms. The van der Waals surface area contributed by atoms with Crippen LogP contribution in [0.25, 0.3) is 0 Å². The number of hydrogen-bond acceptors (Lipinski definition) is 2. The maximum atomic E-state index is 3.82. The van der Waals surface area contributed by atoms with Gasteiger partial charge in [-0.05, 0) is 37.7 Å². The molecule has 20 heavy (non-hydrogen) atoms. The molecule has 1 aromatic rings. The smallest absolute Gasteiger partial charge is 0.0535 e. The fourth-order valence-electron chi connectivity index (χ4n) is 3.95. The van der Waals surface area contributed by atoms with Crippen LogP contribution in [0.2, 0.25) is 0 Å². The Hall–Kier alpha value is -0.860. The summed E-state index contributed by atoms with van der Waals surface area (Å²) in [5, 5.41) is 3.82. The number of rotatable bonds is 3. The van der Waals surface area contributed by atoms with Crippen molar-refractivity contribution < 1.29 is 0 Å². The third-order valence-electron chi connectivity index (χ3n) is 5.40. The van der Waals surface area contributed by atoms with E-state index in [0.717, 1.165) is 25.0 Å². The van der Waals surface area contributed by atoms with Crippen molar-refractivity contribution in [2.45, 2.75) is 57.7 Å². The molecule has 0 bridgehead atoms. The zero-order valence-electron chi connectivity index (χ0n) is 13.1. The molecule has 2 unspecified atom stereocenters. The lowest BCUT2D eigenvalue weighted by molar-refractivity contribution is -0.00592. The van der Waals surface area contributed by atoms with Crippen molar-refractivity contribution in [2.75, 3.05) is 13.1 Å². The van der Waals surface area contributed by atoms with Crippen LogP contribution in [0.15, 0.2) is 30.3 Å². The molecule has 1 aromatic carbocycles. The second-order valence-electron chi connectivity index (χ2n) is 7.04. The van der Waals surface area contributed by atoms with Crippen molar-refractivity contribution >= 4 is 0 Å². The van der Waals surface area contributed by atoms with E-state index in [-0.39, 0.29) is 5.54 Å². The van der Waals surface area contributed by atoms with Crippen LogP contribution in [-0.4, -0.2) is 30.1 Å². The zero-order chi connectivity index (χ0) is 14.2. The van der Waals surface area contributed by atoms with Gasteiger partial charge in [-0.3, -0.25) is 4.90 Å². The number of benzene rings is 1. The van der Waals surface area contributed by atoms with Crippen LogP contribution < -0.4 is 5.32 Å². The lowest BCUT2D eigenvalue weighted by Gasteiger charge is -2.53. The molecule has 0 spiro atoms. The highest BCUT2D eigenvalue weighted by atomic mass is 15.3. The maximum Gasteiger partial charge on any atom is 0.0535 e. The third kappa shape index (κ3) is 2.51. The highest BCUT2D eigenvalue weighted by Crippen LogP contribution is 2.37. The number of nitrogens with zero attached hydrogens (tertiary/aromatic N) is 1. The van der Waals surface area contributed by atoms with Crippen LogP contribution in [0, 0.1) is 5.92 Å². The Balaban J connectivity index is 1.78. The molecular formula is C18H28N2. The lowest BCUT2D eigenvalue weighted by Crippen LogP contribution is -2.64. The van der Waals surface area contributed by atoms with E-state index in [1.54, 1.807) is 0 Å². The van der Waals surface area contributed by atoms with Crippen molar-refractivity contribution in [1.29, 1.82) is 0 Å². The first-order valence-corrected chi connectivity index (χ1v) is 8.18. The molecule has 110 valence electrons. The summed E-state index contributed by atoms with van der Waals surface area (Å²) in [4.78, 5) is 2.80. The SMILES string of the molecule is CCC1CNC(C)(c2ccccc2)CN1C1CC(C)C1.